The summed E-state index contributed by atoms with van der Waals surface area (Å²) in [6.07, 6.45) is 30.9. The van der Waals surface area contributed by atoms with E-state index in [9.17, 15) is 20.0 Å². The van der Waals surface area contributed by atoms with Gasteiger partial charge < -0.3 is 14.6 Å². The monoisotopic (exact) mass is 704 g/mol. The molecule has 49 heavy (non-hydrogen) atoms. The summed E-state index contributed by atoms with van der Waals surface area (Å²) < 4.78 is 12.8. The van der Waals surface area contributed by atoms with Crippen molar-refractivity contribution in [3.63, 3.8) is 0 Å². The van der Waals surface area contributed by atoms with Crippen LogP contribution in [0.5, 0.6) is 0 Å². The summed E-state index contributed by atoms with van der Waals surface area (Å²) in [5.41, 5.74) is 0. The normalized spacial score (nSPS) is 38.6. The van der Waals surface area contributed by atoms with Crippen LogP contribution in [0.25, 0.3) is 0 Å². The van der Waals surface area contributed by atoms with E-state index in [0.717, 1.165) is 82.0 Å². The fourth-order valence-electron chi connectivity index (χ4n) is 11.2. The van der Waals surface area contributed by atoms with Gasteiger partial charge in [-0.05, 0) is 126 Å². The Bertz CT molecular complexity index is 996. The molecule has 6 unspecified atom stereocenters. The zero-order valence-electron chi connectivity index (χ0n) is 30.4. The molecule has 2 N–H and O–H groups in total. The van der Waals surface area contributed by atoms with E-state index < -0.39 is 17.8 Å². The first-order valence-electron chi connectivity index (χ1n) is 20.9. The number of carboxylic acids is 1. The number of hydrogen-bond acceptors (Lipinski definition) is 7. The number of esters is 1. The molecular weight excluding hydrogens is 637 g/mol. The molecule has 0 radical (unpaired) electrons. The number of ether oxygens (including phenoxy) is 2. The summed E-state index contributed by atoms with van der Waals surface area (Å²) in [5.74, 6) is 1.03. The average Bonchev–Trinajstić information content (AvgIpc) is 3.12. The zero-order valence-corrected chi connectivity index (χ0v) is 31.2. The first-order valence-corrected chi connectivity index (χ1v) is 21.9. The lowest BCUT2D eigenvalue weighted by atomic mass is 9.70. The molecule has 0 aliphatic heterocycles. The largest absolute Gasteiger partial charge is 0.481 e. The van der Waals surface area contributed by atoms with Crippen molar-refractivity contribution in [3.8, 4) is 0 Å². The molecule has 8 heteroatoms. The van der Waals surface area contributed by atoms with E-state index in [0.29, 0.717) is 47.9 Å². The predicted octanol–water partition coefficient (Wildman–Crippen LogP) is 10.2. The maximum Gasteiger partial charge on any atom is 0.310 e. The lowest BCUT2D eigenvalue weighted by Gasteiger charge is -2.40. The van der Waals surface area contributed by atoms with Gasteiger partial charge in [-0.25, -0.2) is 4.89 Å². The fourth-order valence-corrected chi connectivity index (χ4v) is 12.8. The van der Waals surface area contributed by atoms with Crippen molar-refractivity contribution < 1.29 is 34.3 Å². The third kappa shape index (κ3) is 11.3. The van der Waals surface area contributed by atoms with E-state index in [1.807, 2.05) is 0 Å². The van der Waals surface area contributed by atoms with Crippen LogP contribution in [0.15, 0.2) is 0 Å². The summed E-state index contributed by atoms with van der Waals surface area (Å²) in [4.78, 5) is 30.2. The number of carboxylic acid groups (broad SMARTS) is 1. The van der Waals surface area contributed by atoms with Crippen molar-refractivity contribution in [2.45, 2.75) is 196 Å². The van der Waals surface area contributed by atoms with E-state index in [4.69, 9.17) is 14.4 Å². The van der Waals surface area contributed by atoms with E-state index in [2.05, 4.69) is 11.8 Å². The highest BCUT2D eigenvalue weighted by Crippen LogP contribution is 2.44. The second-order valence-corrected chi connectivity index (χ2v) is 19.1. The van der Waals surface area contributed by atoms with Gasteiger partial charge in [-0.2, -0.15) is 11.8 Å². The first kappa shape index (κ1) is 37.9. The Balaban J connectivity index is 0.866. The maximum absolute atomic E-state index is 13.3. The van der Waals surface area contributed by atoms with Crippen LogP contribution >= 0.6 is 11.8 Å². The molecule has 0 saturated heterocycles. The van der Waals surface area contributed by atoms with Crippen molar-refractivity contribution >= 4 is 23.7 Å². The summed E-state index contributed by atoms with van der Waals surface area (Å²) in [7, 11) is 0. The molecule has 280 valence electrons. The highest BCUT2D eigenvalue weighted by atomic mass is 32.2. The zero-order chi connectivity index (χ0) is 34.0. The van der Waals surface area contributed by atoms with Crippen molar-refractivity contribution in [1.29, 1.82) is 0 Å². The smallest absolute Gasteiger partial charge is 0.310 e. The van der Waals surface area contributed by atoms with Gasteiger partial charge in [-0.3, -0.25) is 14.8 Å². The third-order valence-corrected chi connectivity index (χ3v) is 15.7. The van der Waals surface area contributed by atoms with Gasteiger partial charge >= 0.3 is 11.9 Å². The van der Waals surface area contributed by atoms with Crippen LogP contribution in [0.2, 0.25) is 0 Å². The molecular formula is C41H68O7S. The minimum atomic E-state index is -0.813. The quantitative estimate of drug-likeness (QED) is 0.111. The van der Waals surface area contributed by atoms with Crippen LogP contribution in [0.3, 0.4) is 0 Å². The standard InChI is InChI=1S/C41H68O7S/c42-40(43)38-26-31(24-29-9-5-2-6-10-29)11-21-37(38)41(44)48-34-15-19-36(20-16-34)49-35-17-13-33(14-18-35)47-39-22-12-30(25-32(39)27-46-45)23-28-7-3-1-4-8-28/h28-39,45H,1-27H2,(H,42,43). The molecule has 0 bridgehead atoms. The summed E-state index contributed by atoms with van der Waals surface area (Å²) in [5, 5.41) is 20.7. The lowest BCUT2D eigenvalue weighted by Crippen LogP contribution is -2.39. The molecule has 0 aromatic rings. The molecule has 0 aromatic heterocycles. The SMILES string of the molecule is O=C(O)C1CC(CC2CCCCC2)CCC1C(=O)OC1CCC(SC2CCC(OC3CCC(CC4CCCCC4)CC3COO)CC2)CC1. The van der Waals surface area contributed by atoms with E-state index in [1.165, 1.54) is 89.9 Å². The Morgan fingerprint density at radius 1 is 0.571 bits per heavy atom. The number of hydrogen-bond donors (Lipinski definition) is 2. The first-order chi connectivity index (χ1) is 23.9. The van der Waals surface area contributed by atoms with Crippen molar-refractivity contribution in [2.24, 2.45) is 41.4 Å². The topological polar surface area (TPSA) is 102 Å². The van der Waals surface area contributed by atoms with Gasteiger partial charge in [0.25, 0.3) is 0 Å². The molecule has 0 heterocycles. The predicted molar refractivity (Wildman–Crippen MR) is 194 cm³/mol. The number of rotatable bonds is 13. The van der Waals surface area contributed by atoms with E-state index >= 15 is 0 Å². The van der Waals surface area contributed by atoms with Gasteiger partial charge in [0, 0.05) is 16.4 Å². The minimum Gasteiger partial charge on any atom is -0.481 e. The van der Waals surface area contributed by atoms with Crippen LogP contribution in [-0.2, 0) is 24.0 Å². The molecule has 6 fully saturated rings. The summed E-state index contributed by atoms with van der Waals surface area (Å²) in [6, 6.07) is 0. The van der Waals surface area contributed by atoms with Gasteiger partial charge in [-0.15, -0.1) is 0 Å². The van der Waals surface area contributed by atoms with Crippen LogP contribution in [0, 0.1) is 41.4 Å². The van der Waals surface area contributed by atoms with Crippen molar-refractivity contribution in [3.05, 3.63) is 0 Å². The van der Waals surface area contributed by atoms with Crippen LogP contribution in [0.1, 0.15) is 167 Å². The van der Waals surface area contributed by atoms with Crippen molar-refractivity contribution in [1.82, 2.24) is 0 Å². The molecule has 6 saturated carbocycles. The lowest BCUT2D eigenvalue weighted by molar-refractivity contribution is -0.262. The van der Waals surface area contributed by atoms with Gasteiger partial charge in [-0.1, -0.05) is 64.2 Å². The van der Waals surface area contributed by atoms with Gasteiger partial charge in [0.15, 0.2) is 0 Å². The summed E-state index contributed by atoms with van der Waals surface area (Å²) in [6.45, 7) is 0.399. The Labute approximate surface area is 301 Å². The molecule has 6 aliphatic carbocycles. The minimum absolute atomic E-state index is 0.0588. The molecule has 6 atom stereocenters. The van der Waals surface area contributed by atoms with Gasteiger partial charge in [0.2, 0.25) is 0 Å². The van der Waals surface area contributed by atoms with Gasteiger partial charge in [0.1, 0.15) is 6.10 Å². The Morgan fingerprint density at radius 3 is 1.69 bits per heavy atom. The number of carbonyl (C=O) groups excluding carboxylic acids is 1. The third-order valence-electron chi connectivity index (χ3n) is 13.9. The molecule has 6 aliphatic rings. The van der Waals surface area contributed by atoms with Gasteiger partial charge in [0.05, 0.1) is 30.7 Å². The number of carbonyl (C=O) groups is 2. The molecule has 0 aromatic carbocycles. The molecule has 0 spiro atoms. The highest BCUT2D eigenvalue weighted by Gasteiger charge is 2.42. The Kier molecular flexibility index (Phi) is 14.9. The molecule has 6 rings (SSSR count). The average molecular weight is 705 g/mol. The van der Waals surface area contributed by atoms with Crippen molar-refractivity contribution in [2.75, 3.05) is 6.61 Å². The fraction of sp³-hybridized carbons (Fsp3) is 0.951. The van der Waals surface area contributed by atoms with E-state index in [1.54, 1.807) is 0 Å². The Morgan fingerprint density at radius 2 is 1.12 bits per heavy atom. The number of thioether (sulfide) groups is 1. The van der Waals surface area contributed by atoms with Crippen LogP contribution < -0.4 is 0 Å². The Hall–Kier alpha value is -0.830. The highest BCUT2D eigenvalue weighted by molar-refractivity contribution is 8.00. The second kappa shape index (κ2) is 19.3. The number of aliphatic carboxylic acids is 1. The molecule has 7 nitrogen and oxygen atoms in total. The molecule has 0 amide bonds. The van der Waals surface area contributed by atoms with Crippen LogP contribution in [-0.4, -0.2) is 57.7 Å². The summed E-state index contributed by atoms with van der Waals surface area (Å²) >= 11 is 2.16. The maximum atomic E-state index is 13.3. The van der Waals surface area contributed by atoms with Crippen LogP contribution in [0.4, 0.5) is 0 Å². The second-order valence-electron chi connectivity index (χ2n) is 17.5. The van der Waals surface area contributed by atoms with E-state index in [-0.39, 0.29) is 18.2 Å².